The van der Waals surface area contributed by atoms with Gasteiger partial charge in [0.2, 0.25) is 0 Å². The third kappa shape index (κ3) is 2.60. The molecule has 0 aromatic rings. The predicted molar refractivity (Wildman–Crippen MR) is 83.6 cm³/mol. The van der Waals surface area contributed by atoms with Crippen LogP contribution in [0.3, 0.4) is 0 Å². The maximum atomic E-state index is 12.5. The number of carbonyl (C=O) groups is 3. The Hall–Kier alpha value is -1.96. The standard InChI is InChI=1S/C14H19ClN5O3/c1-17-11-10(12(22)18(2)14(17)23)20(13(15)16-11)8-9(21)19-6-4-3-5-7-19/h10H,3-8H2,1-2H3/q+1. The number of amidine groups is 2. The van der Waals surface area contributed by atoms with E-state index in [2.05, 4.69) is 4.99 Å². The van der Waals surface area contributed by atoms with Gasteiger partial charge < -0.3 is 4.90 Å². The normalized spacial score (nSPS) is 25.1. The van der Waals surface area contributed by atoms with E-state index in [1.165, 1.54) is 23.6 Å². The molecule has 9 heteroatoms. The highest BCUT2D eigenvalue weighted by Gasteiger charge is 2.53. The van der Waals surface area contributed by atoms with Crippen molar-refractivity contribution in [2.45, 2.75) is 25.3 Å². The van der Waals surface area contributed by atoms with Crippen LogP contribution in [0.25, 0.3) is 0 Å². The fourth-order valence-electron chi connectivity index (χ4n) is 3.11. The molecule has 0 N–H and O–H groups in total. The molecule has 0 aliphatic carbocycles. The van der Waals surface area contributed by atoms with Crippen LogP contribution in [0.2, 0.25) is 0 Å². The fraction of sp³-hybridized carbons (Fsp3) is 0.643. The molecule has 2 fully saturated rings. The van der Waals surface area contributed by atoms with Crippen molar-refractivity contribution in [2.75, 3.05) is 33.7 Å². The lowest BCUT2D eigenvalue weighted by Gasteiger charge is -2.31. The van der Waals surface area contributed by atoms with Crippen molar-refractivity contribution < 1.29 is 19.0 Å². The van der Waals surface area contributed by atoms with Gasteiger partial charge in [-0.1, -0.05) is 0 Å². The van der Waals surface area contributed by atoms with E-state index in [1.54, 1.807) is 4.90 Å². The molecule has 3 aliphatic heterocycles. The Bertz CT molecular complexity index is 638. The molecule has 23 heavy (non-hydrogen) atoms. The van der Waals surface area contributed by atoms with E-state index in [0.29, 0.717) is 0 Å². The molecule has 0 aromatic carbocycles. The summed E-state index contributed by atoms with van der Waals surface area (Å²) < 4.78 is 1.47. The molecule has 3 heterocycles. The summed E-state index contributed by atoms with van der Waals surface area (Å²) >= 11 is 6.14. The number of hydrogen-bond acceptors (Lipinski definition) is 4. The van der Waals surface area contributed by atoms with Crippen LogP contribution in [0.5, 0.6) is 0 Å². The molecule has 1 atom stereocenters. The van der Waals surface area contributed by atoms with Crippen molar-refractivity contribution in [3.63, 3.8) is 0 Å². The molecule has 0 bridgehead atoms. The van der Waals surface area contributed by atoms with Crippen LogP contribution in [0, 0.1) is 0 Å². The molecule has 4 amide bonds. The van der Waals surface area contributed by atoms with Gasteiger partial charge in [-0.2, -0.15) is 0 Å². The van der Waals surface area contributed by atoms with Crippen LogP contribution in [0.15, 0.2) is 4.99 Å². The van der Waals surface area contributed by atoms with Crippen LogP contribution in [0.1, 0.15) is 19.3 Å². The van der Waals surface area contributed by atoms with E-state index in [1.807, 2.05) is 0 Å². The summed E-state index contributed by atoms with van der Waals surface area (Å²) in [6, 6.07) is -1.28. The van der Waals surface area contributed by atoms with Gasteiger partial charge in [0.25, 0.3) is 23.7 Å². The third-order valence-corrected chi connectivity index (χ3v) is 4.80. The topological polar surface area (TPSA) is 76.3 Å². The molecule has 0 aromatic heterocycles. The van der Waals surface area contributed by atoms with Crippen LogP contribution in [-0.2, 0) is 9.59 Å². The van der Waals surface area contributed by atoms with Crippen molar-refractivity contribution in [3.8, 4) is 0 Å². The van der Waals surface area contributed by atoms with Crippen LogP contribution < -0.4 is 0 Å². The van der Waals surface area contributed by atoms with E-state index in [9.17, 15) is 14.4 Å². The molecule has 3 aliphatic rings. The number of hydrogen-bond donors (Lipinski definition) is 0. The summed E-state index contributed by atoms with van der Waals surface area (Å²) in [5.41, 5.74) is 0. The second-order valence-electron chi connectivity index (χ2n) is 5.95. The Morgan fingerprint density at radius 3 is 2.52 bits per heavy atom. The number of urea groups is 1. The minimum atomic E-state index is -0.816. The number of likely N-dealkylation sites (tertiary alicyclic amines) is 1. The highest BCUT2D eigenvalue weighted by atomic mass is 35.5. The molecule has 124 valence electrons. The van der Waals surface area contributed by atoms with Crippen molar-refractivity contribution in [1.82, 2.24) is 14.7 Å². The molecular formula is C14H19ClN5O3+. The molecule has 2 saturated heterocycles. The van der Waals surface area contributed by atoms with E-state index in [0.717, 1.165) is 37.3 Å². The number of fused-ring (bicyclic) bond motifs is 1. The molecule has 3 rings (SSSR count). The first-order chi connectivity index (χ1) is 10.9. The lowest BCUT2D eigenvalue weighted by atomic mass is 10.1. The van der Waals surface area contributed by atoms with E-state index < -0.39 is 18.0 Å². The second kappa shape index (κ2) is 5.92. The highest BCUT2D eigenvalue weighted by Crippen LogP contribution is 2.20. The van der Waals surface area contributed by atoms with Crippen molar-refractivity contribution in [2.24, 2.45) is 4.99 Å². The number of likely N-dealkylation sites (N-methyl/N-ethyl adjacent to an activating group) is 2. The maximum absolute atomic E-state index is 12.5. The van der Waals surface area contributed by atoms with Gasteiger partial charge in [0.1, 0.15) is 0 Å². The summed E-state index contributed by atoms with van der Waals surface area (Å²) in [5, 5.41) is 0.0682. The lowest BCUT2D eigenvalue weighted by molar-refractivity contribution is -0.523. The Kier molecular flexibility index (Phi) is 4.09. The first-order valence-corrected chi connectivity index (χ1v) is 8.00. The average Bonchev–Trinajstić information content (AvgIpc) is 2.88. The molecule has 8 nitrogen and oxygen atoms in total. The van der Waals surface area contributed by atoms with Crippen LogP contribution in [-0.4, -0.2) is 88.0 Å². The Labute approximate surface area is 139 Å². The van der Waals surface area contributed by atoms with Crippen molar-refractivity contribution >= 4 is 40.6 Å². The minimum absolute atomic E-state index is 0.0158. The summed E-state index contributed by atoms with van der Waals surface area (Å²) in [6.07, 6.45) is 3.12. The van der Waals surface area contributed by atoms with Gasteiger partial charge in [0.05, 0.1) is 0 Å². The van der Waals surface area contributed by atoms with Crippen LogP contribution in [0.4, 0.5) is 4.79 Å². The summed E-state index contributed by atoms with van der Waals surface area (Å²) in [5.74, 6) is -0.224. The van der Waals surface area contributed by atoms with Crippen LogP contribution >= 0.6 is 11.6 Å². The maximum Gasteiger partial charge on any atom is 0.394 e. The number of nitrogens with zero attached hydrogens (tertiary/aromatic N) is 5. The minimum Gasteiger partial charge on any atom is -0.339 e. The second-order valence-corrected chi connectivity index (χ2v) is 6.29. The Morgan fingerprint density at radius 2 is 1.87 bits per heavy atom. The zero-order valence-corrected chi connectivity index (χ0v) is 13.9. The van der Waals surface area contributed by atoms with Gasteiger partial charge in [-0.15, -0.1) is 0 Å². The number of halogens is 1. The first kappa shape index (κ1) is 15.9. The first-order valence-electron chi connectivity index (χ1n) is 7.62. The summed E-state index contributed by atoms with van der Waals surface area (Å²) in [4.78, 5) is 45.1. The number of piperidine rings is 1. The van der Waals surface area contributed by atoms with Crippen molar-refractivity contribution in [3.05, 3.63) is 0 Å². The zero-order chi connectivity index (χ0) is 16.7. The van der Waals surface area contributed by atoms with E-state index in [4.69, 9.17) is 11.6 Å². The Morgan fingerprint density at radius 1 is 1.22 bits per heavy atom. The summed E-state index contributed by atoms with van der Waals surface area (Å²) in [6.45, 7) is 1.45. The molecule has 0 spiro atoms. The SMILES string of the molecule is CN1C(=O)C2C(=NC(Cl)=[N+]2CC(=O)N2CCCCC2)N(C)C1=O. The number of rotatable bonds is 2. The van der Waals surface area contributed by atoms with E-state index in [-0.39, 0.29) is 23.6 Å². The van der Waals surface area contributed by atoms with Gasteiger partial charge in [-0.25, -0.2) is 9.37 Å². The fourth-order valence-corrected chi connectivity index (χ4v) is 3.36. The molecule has 0 radical (unpaired) electrons. The number of aliphatic imine (C=N–C) groups is 1. The van der Waals surface area contributed by atoms with Gasteiger partial charge in [0.15, 0.2) is 6.54 Å². The van der Waals surface area contributed by atoms with Gasteiger partial charge in [0, 0.05) is 38.8 Å². The number of carbonyl (C=O) groups excluding carboxylic acids is 3. The average molecular weight is 341 g/mol. The Balaban J connectivity index is 1.81. The molecule has 1 unspecified atom stereocenters. The third-order valence-electron chi connectivity index (χ3n) is 4.50. The quantitative estimate of drug-likeness (QED) is 0.521. The van der Waals surface area contributed by atoms with Crippen molar-refractivity contribution in [1.29, 1.82) is 0 Å². The number of amides is 4. The monoisotopic (exact) mass is 340 g/mol. The molecule has 0 saturated carbocycles. The number of imide groups is 1. The summed E-state index contributed by atoms with van der Waals surface area (Å²) in [7, 11) is 2.95. The van der Waals surface area contributed by atoms with Gasteiger partial charge in [-0.3, -0.25) is 19.4 Å². The zero-order valence-electron chi connectivity index (χ0n) is 13.2. The van der Waals surface area contributed by atoms with E-state index >= 15 is 0 Å². The van der Waals surface area contributed by atoms with Gasteiger partial charge >= 0.3 is 11.3 Å². The predicted octanol–water partition coefficient (Wildman–Crippen LogP) is -0.0893. The largest absolute Gasteiger partial charge is 0.394 e. The smallest absolute Gasteiger partial charge is 0.339 e. The highest BCUT2D eigenvalue weighted by molar-refractivity contribution is 6.65. The van der Waals surface area contributed by atoms with Gasteiger partial charge in [-0.05, 0) is 24.3 Å². The lowest BCUT2D eigenvalue weighted by Crippen LogP contribution is -2.62. The molecular weight excluding hydrogens is 322 g/mol.